The molecule has 0 bridgehead atoms. The molecule has 2 N–H and O–H groups in total. The Morgan fingerprint density at radius 2 is 1.76 bits per heavy atom. The highest BCUT2D eigenvalue weighted by atomic mass is 35.5. The van der Waals surface area contributed by atoms with Gasteiger partial charge in [-0.2, -0.15) is 0 Å². The summed E-state index contributed by atoms with van der Waals surface area (Å²) in [6, 6.07) is 11.4. The minimum atomic E-state index is -0.699. The number of benzene rings is 2. The zero-order valence-corrected chi connectivity index (χ0v) is 21.0. The number of quaternary nitrogens is 1. The van der Waals surface area contributed by atoms with Crippen molar-refractivity contribution in [2.45, 2.75) is 18.9 Å². The second-order valence-electron chi connectivity index (χ2n) is 8.54. The van der Waals surface area contributed by atoms with E-state index < -0.39 is 11.8 Å². The Morgan fingerprint density at radius 1 is 1.06 bits per heavy atom. The molecule has 2 aliphatic heterocycles. The number of hydrogen-bond acceptors (Lipinski definition) is 4. The standard InChI is InChI=1S/C24H23Cl3N4O3/c1-29-10-8-17(9-11-29)30(2)22(32)14-4-3-5-16(12-14)28-21-20(27)23(33)31(24(21)34)19-7-6-15(25)13-18(19)26/h3-7,12-13,17,28H,8-11H2,1-2H3/p+1. The summed E-state index contributed by atoms with van der Waals surface area (Å²) in [5.41, 5.74) is 1.03. The number of hydrogen-bond donors (Lipinski definition) is 2. The Bertz CT molecular complexity index is 1190. The van der Waals surface area contributed by atoms with E-state index in [1.165, 1.54) is 23.1 Å². The summed E-state index contributed by atoms with van der Waals surface area (Å²) in [5, 5.41) is 3.17. The number of imide groups is 1. The number of piperidine rings is 1. The summed E-state index contributed by atoms with van der Waals surface area (Å²) in [7, 11) is 3.98. The number of carbonyl (C=O) groups is 3. The first kappa shape index (κ1) is 24.5. The molecule has 10 heteroatoms. The Hall–Kier alpha value is -2.58. The third-order valence-corrected chi connectivity index (χ3v) is 7.12. The second-order valence-corrected chi connectivity index (χ2v) is 9.76. The predicted octanol–water partition coefficient (Wildman–Crippen LogP) is 3.18. The normalized spacial score (nSPS) is 20.7. The van der Waals surface area contributed by atoms with E-state index in [0.29, 0.717) is 16.3 Å². The molecule has 2 aliphatic rings. The van der Waals surface area contributed by atoms with E-state index in [0.717, 1.165) is 30.8 Å². The summed E-state index contributed by atoms with van der Waals surface area (Å²) < 4.78 is 0. The third kappa shape index (κ3) is 4.79. The maximum atomic E-state index is 13.1. The number of nitrogens with one attached hydrogen (secondary N) is 2. The number of likely N-dealkylation sites (tertiary alicyclic amines) is 1. The highest BCUT2D eigenvalue weighted by Crippen LogP contribution is 2.35. The number of amides is 3. The van der Waals surface area contributed by atoms with Gasteiger partial charge in [0.25, 0.3) is 17.7 Å². The first-order valence-electron chi connectivity index (χ1n) is 10.9. The third-order valence-electron chi connectivity index (χ3n) is 6.23. The minimum Gasteiger partial charge on any atom is -0.350 e. The molecule has 2 heterocycles. The molecule has 7 nitrogen and oxygen atoms in total. The van der Waals surface area contributed by atoms with Crippen LogP contribution in [0.1, 0.15) is 23.2 Å². The van der Waals surface area contributed by atoms with Gasteiger partial charge in [-0.25, -0.2) is 4.90 Å². The highest BCUT2D eigenvalue weighted by molar-refractivity contribution is 6.54. The molecule has 2 aromatic rings. The molecule has 0 aromatic heterocycles. The van der Waals surface area contributed by atoms with Crippen molar-refractivity contribution < 1.29 is 19.3 Å². The molecule has 0 unspecified atom stereocenters. The van der Waals surface area contributed by atoms with Crippen molar-refractivity contribution in [2.24, 2.45) is 0 Å². The molecule has 1 saturated heterocycles. The van der Waals surface area contributed by atoms with Gasteiger partial charge in [-0.1, -0.05) is 40.9 Å². The number of halogens is 3. The lowest BCUT2D eigenvalue weighted by Crippen LogP contribution is -3.10. The predicted molar refractivity (Wildman–Crippen MR) is 134 cm³/mol. The van der Waals surface area contributed by atoms with Crippen LogP contribution in [0.3, 0.4) is 0 Å². The van der Waals surface area contributed by atoms with Crippen LogP contribution >= 0.6 is 34.8 Å². The van der Waals surface area contributed by atoms with Crippen molar-refractivity contribution in [1.29, 1.82) is 0 Å². The highest BCUT2D eigenvalue weighted by Gasteiger charge is 2.40. The van der Waals surface area contributed by atoms with Gasteiger partial charge in [0.05, 0.1) is 30.8 Å². The molecule has 2 aromatic carbocycles. The summed E-state index contributed by atoms with van der Waals surface area (Å²) in [4.78, 5) is 43.0. The fourth-order valence-electron chi connectivity index (χ4n) is 4.22. The summed E-state index contributed by atoms with van der Waals surface area (Å²) >= 11 is 18.3. The molecular formula is C24H24Cl3N4O3+. The van der Waals surface area contributed by atoms with Gasteiger partial charge in [-0.05, 0) is 36.4 Å². The quantitative estimate of drug-likeness (QED) is 0.592. The van der Waals surface area contributed by atoms with Crippen LogP contribution in [0.5, 0.6) is 0 Å². The molecule has 0 spiro atoms. The van der Waals surface area contributed by atoms with E-state index in [4.69, 9.17) is 34.8 Å². The Morgan fingerprint density at radius 3 is 2.44 bits per heavy atom. The average Bonchev–Trinajstić information content (AvgIpc) is 3.02. The number of anilines is 2. The fraction of sp³-hybridized carbons (Fsp3) is 0.292. The fourth-order valence-corrected chi connectivity index (χ4v) is 4.92. The van der Waals surface area contributed by atoms with Crippen LogP contribution in [0.15, 0.2) is 53.2 Å². The molecule has 0 atom stereocenters. The van der Waals surface area contributed by atoms with Crippen LogP contribution in [0.25, 0.3) is 0 Å². The van der Waals surface area contributed by atoms with E-state index >= 15 is 0 Å². The number of nitrogens with zero attached hydrogens (tertiary/aromatic N) is 2. The molecule has 1 fully saturated rings. The van der Waals surface area contributed by atoms with E-state index in [1.807, 2.05) is 7.05 Å². The molecule has 0 saturated carbocycles. The minimum absolute atomic E-state index is 0.0890. The van der Waals surface area contributed by atoms with Crippen molar-refractivity contribution in [1.82, 2.24) is 4.90 Å². The number of carbonyl (C=O) groups excluding carboxylic acids is 3. The lowest BCUT2D eigenvalue weighted by Gasteiger charge is -2.33. The second kappa shape index (κ2) is 9.96. The molecule has 3 amide bonds. The first-order chi connectivity index (χ1) is 16.2. The zero-order chi connectivity index (χ0) is 24.6. The van der Waals surface area contributed by atoms with E-state index in [1.54, 1.807) is 29.2 Å². The van der Waals surface area contributed by atoms with Gasteiger partial charge < -0.3 is 15.1 Å². The van der Waals surface area contributed by atoms with Crippen LogP contribution in [-0.2, 0) is 9.59 Å². The lowest BCUT2D eigenvalue weighted by molar-refractivity contribution is -0.885. The lowest BCUT2D eigenvalue weighted by atomic mass is 10.0. The van der Waals surface area contributed by atoms with Crippen LogP contribution < -0.4 is 15.1 Å². The maximum absolute atomic E-state index is 13.1. The SMILES string of the molecule is CN(C(=O)c1cccc(NC2=C(Cl)C(=O)N(c3ccc(Cl)cc3Cl)C2=O)c1)C1CC[NH+](C)CC1. The van der Waals surface area contributed by atoms with Crippen LogP contribution in [0, 0.1) is 0 Å². The van der Waals surface area contributed by atoms with Gasteiger partial charge in [0.15, 0.2) is 0 Å². The van der Waals surface area contributed by atoms with Gasteiger partial charge in [0.1, 0.15) is 10.7 Å². The largest absolute Gasteiger partial charge is 0.350 e. The van der Waals surface area contributed by atoms with Crippen molar-refractivity contribution >= 4 is 63.9 Å². The smallest absolute Gasteiger partial charge is 0.283 e. The van der Waals surface area contributed by atoms with Gasteiger partial charge >= 0.3 is 0 Å². The van der Waals surface area contributed by atoms with Gasteiger partial charge in [-0.15, -0.1) is 0 Å². The van der Waals surface area contributed by atoms with Crippen LogP contribution in [0.2, 0.25) is 10.0 Å². The molecular weight excluding hydrogens is 499 g/mol. The zero-order valence-electron chi connectivity index (χ0n) is 18.7. The molecule has 0 aliphatic carbocycles. The number of rotatable bonds is 5. The Kier molecular flexibility index (Phi) is 7.19. The van der Waals surface area contributed by atoms with E-state index in [2.05, 4.69) is 12.4 Å². The van der Waals surface area contributed by atoms with Gasteiger partial charge in [0, 0.05) is 42.2 Å². The Labute approximate surface area is 212 Å². The molecule has 178 valence electrons. The van der Waals surface area contributed by atoms with E-state index in [-0.39, 0.29) is 33.4 Å². The molecule has 34 heavy (non-hydrogen) atoms. The van der Waals surface area contributed by atoms with Crippen LogP contribution in [-0.4, -0.2) is 55.8 Å². The average molecular weight is 523 g/mol. The first-order valence-corrected chi connectivity index (χ1v) is 12.0. The van der Waals surface area contributed by atoms with E-state index in [9.17, 15) is 14.4 Å². The van der Waals surface area contributed by atoms with Crippen molar-refractivity contribution in [3.63, 3.8) is 0 Å². The summed E-state index contributed by atoms with van der Waals surface area (Å²) in [6.07, 6.45) is 1.91. The summed E-state index contributed by atoms with van der Waals surface area (Å²) in [6.45, 7) is 2.06. The summed E-state index contributed by atoms with van der Waals surface area (Å²) in [5.74, 6) is -1.45. The van der Waals surface area contributed by atoms with Gasteiger partial charge in [0.2, 0.25) is 0 Å². The van der Waals surface area contributed by atoms with Gasteiger partial charge in [-0.3, -0.25) is 14.4 Å². The van der Waals surface area contributed by atoms with Crippen molar-refractivity contribution in [3.05, 3.63) is 68.8 Å². The monoisotopic (exact) mass is 521 g/mol. The molecule has 4 rings (SSSR count). The molecule has 0 radical (unpaired) electrons. The van der Waals surface area contributed by atoms with Crippen LogP contribution in [0.4, 0.5) is 11.4 Å². The van der Waals surface area contributed by atoms with Crippen molar-refractivity contribution in [3.8, 4) is 0 Å². The van der Waals surface area contributed by atoms with Crippen molar-refractivity contribution in [2.75, 3.05) is 37.4 Å². The maximum Gasteiger partial charge on any atom is 0.283 e. The topological polar surface area (TPSA) is 74.2 Å². The Balaban J connectivity index is 1.53.